The molecule has 1 aliphatic carbocycles. The van der Waals surface area contributed by atoms with Crippen LogP contribution in [0.3, 0.4) is 0 Å². The van der Waals surface area contributed by atoms with E-state index in [-0.39, 0.29) is 17.5 Å². The summed E-state index contributed by atoms with van der Waals surface area (Å²) in [6.07, 6.45) is 5.84. The van der Waals surface area contributed by atoms with Gasteiger partial charge < -0.3 is 14.6 Å². The van der Waals surface area contributed by atoms with E-state index in [1.165, 1.54) is 21.8 Å². The Balaban J connectivity index is 1.79. The fourth-order valence-electron chi connectivity index (χ4n) is 3.34. The minimum absolute atomic E-state index is 0.0190. The predicted molar refractivity (Wildman–Crippen MR) is 96.8 cm³/mol. The molecule has 0 bridgehead atoms. The summed E-state index contributed by atoms with van der Waals surface area (Å²) in [6.45, 7) is 0.865. The lowest BCUT2D eigenvalue weighted by atomic mass is 9.99. The molecule has 0 saturated heterocycles. The first-order chi connectivity index (χ1) is 12.2. The number of carbonyl (C=O) groups is 1. The lowest BCUT2D eigenvalue weighted by Gasteiger charge is -2.19. The van der Waals surface area contributed by atoms with E-state index in [9.17, 15) is 9.59 Å². The number of nitrogens with zero attached hydrogens (tertiary/aromatic N) is 1. The van der Waals surface area contributed by atoms with Crippen LogP contribution < -0.4 is 10.9 Å². The number of methoxy groups -OCH3 is 1. The topological polar surface area (TPSA) is 60.3 Å². The van der Waals surface area contributed by atoms with Gasteiger partial charge in [0, 0.05) is 25.9 Å². The van der Waals surface area contributed by atoms with Crippen LogP contribution in [0.5, 0.6) is 0 Å². The van der Waals surface area contributed by atoms with E-state index >= 15 is 0 Å². The van der Waals surface area contributed by atoms with Crippen molar-refractivity contribution < 1.29 is 9.53 Å². The lowest BCUT2D eigenvalue weighted by Crippen LogP contribution is -2.30. The molecule has 1 aromatic heterocycles. The quantitative estimate of drug-likeness (QED) is 0.852. The maximum absolute atomic E-state index is 12.7. The monoisotopic (exact) mass is 340 g/mol. The summed E-state index contributed by atoms with van der Waals surface area (Å²) >= 11 is 0. The van der Waals surface area contributed by atoms with Gasteiger partial charge in [-0.15, -0.1) is 0 Å². The molecule has 0 unspecified atom stereocenters. The average Bonchev–Trinajstić information content (AvgIpc) is 2.83. The molecule has 1 amide bonds. The van der Waals surface area contributed by atoms with Gasteiger partial charge in [0.15, 0.2) is 0 Å². The molecule has 1 atom stereocenters. The van der Waals surface area contributed by atoms with Gasteiger partial charge in [-0.3, -0.25) is 9.59 Å². The fraction of sp³-hybridized carbons (Fsp3) is 0.400. The molecule has 1 aliphatic rings. The van der Waals surface area contributed by atoms with Gasteiger partial charge in [-0.1, -0.05) is 30.7 Å². The number of fused-ring (bicyclic) bond motifs is 1. The molecule has 0 saturated carbocycles. The number of hydrogen-bond donors (Lipinski definition) is 1. The smallest absolute Gasteiger partial charge is 0.253 e. The molecule has 5 nitrogen and oxygen atoms in total. The summed E-state index contributed by atoms with van der Waals surface area (Å²) in [6, 6.07) is 11.4. The van der Waals surface area contributed by atoms with Crippen LogP contribution in [0.25, 0.3) is 0 Å². The third-order valence-corrected chi connectivity index (χ3v) is 4.71. The second-order valence-electron chi connectivity index (χ2n) is 6.41. The molecule has 2 aromatic rings. The SMILES string of the molecule is COCCn1cc(C(=O)N[C@@H]2CCCCc3ccccc32)ccc1=O. The Hall–Kier alpha value is -2.40. The van der Waals surface area contributed by atoms with E-state index in [1.54, 1.807) is 19.4 Å². The highest BCUT2D eigenvalue weighted by Crippen LogP contribution is 2.28. The van der Waals surface area contributed by atoms with E-state index in [0.717, 1.165) is 25.7 Å². The average molecular weight is 340 g/mol. The number of ether oxygens (including phenoxy) is 1. The van der Waals surface area contributed by atoms with Crippen molar-refractivity contribution in [1.82, 2.24) is 9.88 Å². The number of carbonyl (C=O) groups excluding carboxylic acids is 1. The molecule has 0 aliphatic heterocycles. The minimum atomic E-state index is -0.145. The van der Waals surface area contributed by atoms with Crippen molar-refractivity contribution in [3.63, 3.8) is 0 Å². The maximum Gasteiger partial charge on any atom is 0.253 e. The van der Waals surface area contributed by atoms with Crippen molar-refractivity contribution >= 4 is 5.91 Å². The van der Waals surface area contributed by atoms with E-state index in [4.69, 9.17) is 4.74 Å². The van der Waals surface area contributed by atoms with Gasteiger partial charge in [0.05, 0.1) is 18.2 Å². The van der Waals surface area contributed by atoms with Crippen LogP contribution in [-0.4, -0.2) is 24.2 Å². The second kappa shape index (κ2) is 8.12. The van der Waals surface area contributed by atoms with Crippen LogP contribution in [0, 0.1) is 0 Å². The third-order valence-electron chi connectivity index (χ3n) is 4.71. The van der Waals surface area contributed by atoms with Crippen LogP contribution >= 0.6 is 0 Å². The number of amides is 1. The highest BCUT2D eigenvalue weighted by molar-refractivity contribution is 5.94. The summed E-state index contributed by atoms with van der Waals surface area (Å²) in [7, 11) is 1.59. The van der Waals surface area contributed by atoms with E-state index in [2.05, 4.69) is 23.5 Å². The molecule has 1 heterocycles. The van der Waals surface area contributed by atoms with Gasteiger partial charge in [-0.25, -0.2) is 0 Å². The van der Waals surface area contributed by atoms with Gasteiger partial charge in [-0.05, 0) is 36.5 Å². The highest BCUT2D eigenvalue weighted by atomic mass is 16.5. The Morgan fingerprint density at radius 1 is 1.24 bits per heavy atom. The fourth-order valence-corrected chi connectivity index (χ4v) is 3.34. The molecule has 3 rings (SSSR count). The normalized spacial score (nSPS) is 16.8. The largest absolute Gasteiger partial charge is 0.383 e. The standard InChI is InChI=1S/C20H24N2O3/c1-25-13-12-22-14-16(10-11-19(22)23)20(24)21-18-9-5-3-7-15-6-2-4-8-17(15)18/h2,4,6,8,10-11,14,18H,3,5,7,9,12-13H2,1H3,(H,21,24)/t18-/m1/s1. The Morgan fingerprint density at radius 3 is 2.92 bits per heavy atom. The van der Waals surface area contributed by atoms with Crippen molar-refractivity contribution in [3.05, 3.63) is 69.6 Å². The van der Waals surface area contributed by atoms with E-state index in [0.29, 0.717) is 18.7 Å². The second-order valence-corrected chi connectivity index (χ2v) is 6.41. The van der Waals surface area contributed by atoms with Gasteiger partial charge in [-0.2, -0.15) is 0 Å². The molecule has 1 aromatic carbocycles. The first kappa shape index (κ1) is 17.4. The molecule has 1 N–H and O–H groups in total. The van der Waals surface area contributed by atoms with Gasteiger partial charge >= 0.3 is 0 Å². The number of pyridine rings is 1. The minimum Gasteiger partial charge on any atom is -0.383 e. The first-order valence-electron chi connectivity index (χ1n) is 8.77. The summed E-state index contributed by atoms with van der Waals surface area (Å²) in [4.78, 5) is 24.6. The number of benzene rings is 1. The molecule has 132 valence electrons. The number of rotatable bonds is 5. The lowest BCUT2D eigenvalue weighted by molar-refractivity contribution is 0.0933. The number of hydrogen-bond acceptors (Lipinski definition) is 3. The van der Waals surface area contributed by atoms with Crippen molar-refractivity contribution in [2.75, 3.05) is 13.7 Å². The Bertz CT molecular complexity index is 798. The van der Waals surface area contributed by atoms with E-state index < -0.39 is 0 Å². The Labute approximate surface area is 147 Å². The van der Waals surface area contributed by atoms with Crippen LogP contribution in [0.2, 0.25) is 0 Å². The summed E-state index contributed by atoms with van der Waals surface area (Å²) in [5.41, 5.74) is 2.89. The van der Waals surface area contributed by atoms with Gasteiger partial charge in [0.1, 0.15) is 0 Å². The summed E-state index contributed by atoms with van der Waals surface area (Å²) in [5.74, 6) is -0.145. The molecular formula is C20H24N2O3. The molecule has 0 radical (unpaired) electrons. The van der Waals surface area contributed by atoms with Crippen LogP contribution in [0.1, 0.15) is 46.8 Å². The zero-order chi connectivity index (χ0) is 17.6. The van der Waals surface area contributed by atoms with Crippen molar-refractivity contribution in [3.8, 4) is 0 Å². The van der Waals surface area contributed by atoms with Gasteiger partial charge in [0.25, 0.3) is 11.5 Å². The van der Waals surface area contributed by atoms with Crippen LogP contribution in [0.15, 0.2) is 47.4 Å². The molecule has 5 heteroatoms. The predicted octanol–water partition coefficient (Wildman–Crippen LogP) is 2.69. The third kappa shape index (κ3) is 4.17. The maximum atomic E-state index is 12.7. The highest BCUT2D eigenvalue weighted by Gasteiger charge is 2.21. The zero-order valence-electron chi connectivity index (χ0n) is 14.5. The zero-order valence-corrected chi connectivity index (χ0v) is 14.5. The molecule has 0 fully saturated rings. The Kier molecular flexibility index (Phi) is 5.66. The first-order valence-corrected chi connectivity index (χ1v) is 8.77. The molecule has 25 heavy (non-hydrogen) atoms. The van der Waals surface area contributed by atoms with E-state index in [1.807, 2.05) is 6.07 Å². The van der Waals surface area contributed by atoms with Crippen LogP contribution in [-0.2, 0) is 17.7 Å². The number of aromatic nitrogens is 1. The number of nitrogens with one attached hydrogen (secondary N) is 1. The Morgan fingerprint density at radius 2 is 2.08 bits per heavy atom. The van der Waals surface area contributed by atoms with Crippen molar-refractivity contribution in [2.24, 2.45) is 0 Å². The van der Waals surface area contributed by atoms with Crippen molar-refractivity contribution in [2.45, 2.75) is 38.3 Å². The summed E-state index contributed by atoms with van der Waals surface area (Å²) in [5, 5.41) is 3.15. The van der Waals surface area contributed by atoms with Gasteiger partial charge in [0.2, 0.25) is 0 Å². The molecule has 0 spiro atoms. The van der Waals surface area contributed by atoms with Crippen LogP contribution in [0.4, 0.5) is 0 Å². The summed E-state index contributed by atoms with van der Waals surface area (Å²) < 4.78 is 6.53. The number of aryl methyl sites for hydroxylation is 1. The van der Waals surface area contributed by atoms with Crippen molar-refractivity contribution in [1.29, 1.82) is 0 Å². The molecular weight excluding hydrogens is 316 g/mol.